The van der Waals surface area contributed by atoms with Gasteiger partial charge in [0.25, 0.3) is 0 Å². The van der Waals surface area contributed by atoms with E-state index < -0.39 is 0 Å². The molecule has 124 valence electrons. The lowest BCUT2D eigenvalue weighted by Gasteiger charge is -2.09. The molecule has 4 rings (SSSR count). The van der Waals surface area contributed by atoms with Gasteiger partial charge in [-0.3, -0.25) is 4.98 Å². The van der Waals surface area contributed by atoms with E-state index in [1.807, 2.05) is 47.8 Å². The Morgan fingerprint density at radius 2 is 2.00 bits per heavy atom. The predicted molar refractivity (Wildman–Crippen MR) is 99.8 cm³/mol. The first-order chi connectivity index (χ1) is 12.4. The van der Waals surface area contributed by atoms with Gasteiger partial charge in [-0.25, -0.2) is 9.97 Å². The van der Waals surface area contributed by atoms with E-state index in [4.69, 9.17) is 4.74 Å². The highest BCUT2D eigenvalue weighted by molar-refractivity contribution is 7.16. The first-order valence-corrected chi connectivity index (χ1v) is 8.80. The minimum atomic E-state index is 0.457. The van der Waals surface area contributed by atoms with E-state index in [9.17, 15) is 0 Å². The largest absolute Gasteiger partial charge is 0.487 e. The molecule has 0 aliphatic carbocycles. The number of hydrogen-bond acceptors (Lipinski definition) is 6. The zero-order valence-electron chi connectivity index (χ0n) is 13.4. The Labute approximate surface area is 149 Å². The summed E-state index contributed by atoms with van der Waals surface area (Å²) in [6, 6.07) is 15.9. The Kier molecular flexibility index (Phi) is 4.52. The van der Waals surface area contributed by atoms with Crippen LogP contribution in [0, 0.1) is 0 Å². The van der Waals surface area contributed by atoms with Crippen LogP contribution in [0.5, 0.6) is 5.75 Å². The van der Waals surface area contributed by atoms with Crippen LogP contribution < -0.4 is 10.1 Å². The maximum atomic E-state index is 5.83. The molecule has 0 unspecified atom stereocenters. The fourth-order valence-corrected chi connectivity index (χ4v) is 3.24. The molecule has 1 N–H and O–H groups in total. The minimum absolute atomic E-state index is 0.457. The minimum Gasteiger partial charge on any atom is -0.487 e. The van der Waals surface area contributed by atoms with Gasteiger partial charge in [0.1, 0.15) is 29.3 Å². The maximum Gasteiger partial charge on any atom is 0.138 e. The molecule has 3 heterocycles. The van der Waals surface area contributed by atoms with Crippen molar-refractivity contribution in [3.8, 4) is 5.75 Å². The number of thiophene rings is 1. The lowest BCUT2D eigenvalue weighted by atomic mass is 10.2. The summed E-state index contributed by atoms with van der Waals surface area (Å²) in [7, 11) is 0. The first-order valence-electron chi connectivity index (χ1n) is 7.92. The van der Waals surface area contributed by atoms with E-state index in [2.05, 4.69) is 26.3 Å². The number of rotatable bonds is 6. The molecule has 3 aromatic heterocycles. The number of anilines is 1. The molecule has 0 fully saturated rings. The van der Waals surface area contributed by atoms with E-state index in [1.165, 1.54) is 0 Å². The summed E-state index contributed by atoms with van der Waals surface area (Å²) in [4.78, 5) is 13.9. The van der Waals surface area contributed by atoms with Crippen LogP contribution in [0.2, 0.25) is 0 Å². The lowest BCUT2D eigenvalue weighted by Crippen LogP contribution is -2.03. The molecular weight excluding hydrogens is 332 g/mol. The van der Waals surface area contributed by atoms with Gasteiger partial charge in [-0.1, -0.05) is 18.2 Å². The first kappa shape index (κ1) is 15.5. The van der Waals surface area contributed by atoms with E-state index in [-0.39, 0.29) is 0 Å². The fourth-order valence-electron chi connectivity index (χ4n) is 2.50. The highest BCUT2D eigenvalue weighted by Crippen LogP contribution is 2.24. The van der Waals surface area contributed by atoms with Crippen molar-refractivity contribution in [2.45, 2.75) is 13.2 Å². The predicted octanol–water partition coefficient (Wildman–Crippen LogP) is 4.28. The van der Waals surface area contributed by atoms with Crippen molar-refractivity contribution in [3.63, 3.8) is 0 Å². The summed E-state index contributed by atoms with van der Waals surface area (Å²) in [5.41, 5.74) is 2.03. The highest BCUT2D eigenvalue weighted by atomic mass is 32.1. The van der Waals surface area contributed by atoms with Gasteiger partial charge >= 0.3 is 0 Å². The standard InChI is InChI=1S/C19H16N4OS/c1-2-8-20-15(5-1)12-24-16-6-3-4-14(10-16)11-21-18-17-7-9-25-19(17)23-13-22-18/h1-10,13H,11-12H2,(H,21,22,23). The van der Waals surface area contributed by atoms with E-state index >= 15 is 0 Å². The van der Waals surface area contributed by atoms with Gasteiger partial charge in [0.05, 0.1) is 11.1 Å². The summed E-state index contributed by atoms with van der Waals surface area (Å²) in [5, 5.41) is 6.45. The van der Waals surface area contributed by atoms with Crippen LogP contribution in [-0.2, 0) is 13.2 Å². The molecule has 6 heteroatoms. The summed E-state index contributed by atoms with van der Waals surface area (Å²) in [6.07, 6.45) is 3.36. The molecule has 25 heavy (non-hydrogen) atoms. The summed E-state index contributed by atoms with van der Waals surface area (Å²) < 4.78 is 5.83. The molecule has 0 spiro atoms. The van der Waals surface area contributed by atoms with E-state index in [0.717, 1.165) is 33.0 Å². The second kappa shape index (κ2) is 7.27. The third-order valence-electron chi connectivity index (χ3n) is 3.73. The van der Waals surface area contributed by atoms with Crippen LogP contribution in [0.4, 0.5) is 5.82 Å². The lowest BCUT2D eigenvalue weighted by molar-refractivity contribution is 0.301. The second-order valence-corrected chi connectivity index (χ2v) is 6.37. The van der Waals surface area contributed by atoms with Crippen LogP contribution in [0.1, 0.15) is 11.3 Å². The quantitative estimate of drug-likeness (QED) is 0.564. The molecule has 0 amide bonds. The molecule has 0 aliphatic heterocycles. The van der Waals surface area contributed by atoms with Crippen molar-refractivity contribution < 1.29 is 4.74 Å². The topological polar surface area (TPSA) is 59.9 Å². The Morgan fingerprint density at radius 1 is 1.00 bits per heavy atom. The Bertz CT molecular complexity index is 971. The van der Waals surface area contributed by atoms with Gasteiger partial charge in [0, 0.05) is 12.7 Å². The molecule has 4 aromatic rings. The third-order valence-corrected chi connectivity index (χ3v) is 4.55. The van der Waals surface area contributed by atoms with Crippen molar-refractivity contribution in [3.05, 3.63) is 77.7 Å². The molecule has 5 nitrogen and oxygen atoms in total. The maximum absolute atomic E-state index is 5.83. The highest BCUT2D eigenvalue weighted by Gasteiger charge is 2.05. The summed E-state index contributed by atoms with van der Waals surface area (Å²) >= 11 is 1.61. The van der Waals surface area contributed by atoms with Crippen LogP contribution in [0.3, 0.4) is 0 Å². The molecule has 0 aliphatic rings. The fraction of sp³-hybridized carbons (Fsp3) is 0.105. The van der Waals surface area contributed by atoms with Gasteiger partial charge in [-0.2, -0.15) is 0 Å². The molecule has 0 bridgehead atoms. The van der Waals surface area contributed by atoms with Crippen molar-refractivity contribution in [2.24, 2.45) is 0 Å². The zero-order valence-corrected chi connectivity index (χ0v) is 14.2. The van der Waals surface area contributed by atoms with Gasteiger partial charge in [-0.05, 0) is 41.3 Å². The third kappa shape index (κ3) is 3.75. The second-order valence-electron chi connectivity index (χ2n) is 5.47. The molecule has 0 saturated carbocycles. The smallest absolute Gasteiger partial charge is 0.138 e. The van der Waals surface area contributed by atoms with Gasteiger partial charge in [-0.15, -0.1) is 11.3 Å². The molecule has 0 saturated heterocycles. The van der Waals surface area contributed by atoms with Crippen LogP contribution >= 0.6 is 11.3 Å². The van der Waals surface area contributed by atoms with Crippen LogP contribution in [0.25, 0.3) is 10.2 Å². The normalized spacial score (nSPS) is 10.7. The SMILES string of the molecule is c1ccc(COc2cccc(CNc3ncnc4sccc34)c2)nc1. The van der Waals surface area contributed by atoms with Crippen molar-refractivity contribution >= 4 is 27.4 Å². The molecule has 0 atom stereocenters. The number of ether oxygens (including phenoxy) is 1. The number of benzene rings is 1. The molecule has 1 aromatic carbocycles. The van der Waals surface area contributed by atoms with Crippen molar-refractivity contribution in [1.82, 2.24) is 15.0 Å². The Balaban J connectivity index is 1.42. The van der Waals surface area contributed by atoms with Crippen LogP contribution in [0.15, 0.2) is 66.4 Å². The van der Waals surface area contributed by atoms with Gasteiger partial charge in [0.2, 0.25) is 0 Å². The Morgan fingerprint density at radius 3 is 2.92 bits per heavy atom. The van der Waals surface area contributed by atoms with Crippen molar-refractivity contribution in [2.75, 3.05) is 5.32 Å². The van der Waals surface area contributed by atoms with E-state index in [0.29, 0.717) is 13.2 Å². The number of nitrogens with one attached hydrogen (secondary N) is 1. The monoisotopic (exact) mass is 348 g/mol. The number of hydrogen-bond donors (Lipinski definition) is 1. The van der Waals surface area contributed by atoms with Crippen LogP contribution in [-0.4, -0.2) is 15.0 Å². The summed E-state index contributed by atoms with van der Waals surface area (Å²) in [6.45, 7) is 1.13. The van der Waals surface area contributed by atoms with E-state index in [1.54, 1.807) is 23.9 Å². The molecular formula is C19H16N4OS. The number of pyridine rings is 1. The molecule has 0 radical (unpaired) electrons. The Hall–Kier alpha value is -2.99. The average Bonchev–Trinajstić information content (AvgIpc) is 3.15. The zero-order chi connectivity index (χ0) is 16.9. The average molecular weight is 348 g/mol. The number of aromatic nitrogens is 3. The number of fused-ring (bicyclic) bond motifs is 1. The van der Waals surface area contributed by atoms with Gasteiger partial charge < -0.3 is 10.1 Å². The van der Waals surface area contributed by atoms with Crippen molar-refractivity contribution in [1.29, 1.82) is 0 Å². The van der Waals surface area contributed by atoms with Gasteiger partial charge in [0.15, 0.2) is 0 Å². The number of nitrogens with zero attached hydrogens (tertiary/aromatic N) is 3. The summed E-state index contributed by atoms with van der Waals surface area (Å²) in [5.74, 6) is 1.68.